The van der Waals surface area contributed by atoms with Crippen LogP contribution in [0.1, 0.15) is 20.8 Å². The number of alkyl halides is 1. The first-order chi connectivity index (χ1) is 17.1. The zero-order chi connectivity index (χ0) is 26.0. The molecular weight excluding hydrogens is 554 g/mol. The van der Waals surface area contributed by atoms with Gasteiger partial charge in [-0.1, -0.05) is 27.3 Å². The van der Waals surface area contributed by atoms with Gasteiger partial charge in [-0.25, -0.2) is 14.5 Å². The van der Waals surface area contributed by atoms with Crippen LogP contribution in [-0.2, 0) is 9.53 Å². The number of amides is 2. The molecule has 12 nitrogen and oxygen atoms in total. The standard InChI is InChI=1S/C22H20BrN7O5S/c1-22(2,3)35-21(34)29(15-4-5-16-12(7-15)10-25-30(16)20(32)33)19-28-27-18(36-19)13-6-14(11-24-9-13)26-17(31)8-23/h4-7,9-11H,8H2,1-3H3,(H,26,31)(H,32,33). The van der Waals surface area contributed by atoms with Gasteiger partial charge in [0, 0.05) is 17.1 Å². The van der Waals surface area contributed by atoms with E-state index < -0.39 is 17.8 Å². The number of nitrogens with zero attached hydrogens (tertiary/aromatic N) is 6. The molecule has 14 heteroatoms. The second-order valence-electron chi connectivity index (χ2n) is 8.43. The van der Waals surface area contributed by atoms with Gasteiger partial charge in [0.1, 0.15) is 5.60 Å². The van der Waals surface area contributed by atoms with E-state index >= 15 is 0 Å². The van der Waals surface area contributed by atoms with Gasteiger partial charge in [-0.2, -0.15) is 9.78 Å². The number of carboxylic acid groups (broad SMARTS) is 1. The van der Waals surface area contributed by atoms with Crippen molar-refractivity contribution >= 4 is 72.8 Å². The number of halogens is 1. The molecular formula is C22H20BrN7O5S. The van der Waals surface area contributed by atoms with Crippen molar-refractivity contribution in [3.8, 4) is 10.6 Å². The highest BCUT2D eigenvalue weighted by Crippen LogP contribution is 2.35. The van der Waals surface area contributed by atoms with Crippen LogP contribution >= 0.6 is 27.3 Å². The molecule has 0 saturated carbocycles. The highest BCUT2D eigenvalue weighted by Gasteiger charge is 2.28. The Morgan fingerprint density at radius 2 is 1.94 bits per heavy atom. The van der Waals surface area contributed by atoms with Crippen LogP contribution < -0.4 is 10.2 Å². The molecule has 4 aromatic rings. The van der Waals surface area contributed by atoms with Gasteiger partial charge in [-0.3, -0.25) is 9.78 Å². The van der Waals surface area contributed by atoms with E-state index in [-0.39, 0.29) is 16.4 Å². The van der Waals surface area contributed by atoms with Gasteiger partial charge in [-0.15, -0.1) is 10.2 Å². The molecule has 0 fully saturated rings. The molecule has 2 N–H and O–H groups in total. The summed E-state index contributed by atoms with van der Waals surface area (Å²) in [7, 11) is 0. The third kappa shape index (κ3) is 5.49. The molecule has 0 atom stereocenters. The Kier molecular flexibility index (Phi) is 6.99. The first kappa shape index (κ1) is 25.2. The van der Waals surface area contributed by atoms with Crippen molar-refractivity contribution in [1.82, 2.24) is 25.0 Å². The fourth-order valence-corrected chi connectivity index (χ4v) is 4.13. The maximum absolute atomic E-state index is 13.2. The summed E-state index contributed by atoms with van der Waals surface area (Å²) >= 11 is 4.22. The Balaban J connectivity index is 1.73. The number of carbonyl (C=O) groups excluding carboxylic acids is 2. The highest BCUT2D eigenvalue weighted by molar-refractivity contribution is 9.09. The fourth-order valence-electron chi connectivity index (χ4n) is 3.16. The Bertz CT molecular complexity index is 1460. The van der Waals surface area contributed by atoms with E-state index in [1.807, 2.05) is 0 Å². The van der Waals surface area contributed by atoms with Gasteiger partial charge in [0.25, 0.3) is 0 Å². The van der Waals surface area contributed by atoms with Crippen LogP contribution in [0.25, 0.3) is 21.5 Å². The summed E-state index contributed by atoms with van der Waals surface area (Å²) in [5.74, 6) is -0.232. The van der Waals surface area contributed by atoms with E-state index in [9.17, 15) is 19.5 Å². The van der Waals surface area contributed by atoms with Crippen LogP contribution in [0.5, 0.6) is 0 Å². The van der Waals surface area contributed by atoms with Crippen LogP contribution in [0.2, 0.25) is 0 Å². The first-order valence-corrected chi connectivity index (χ1v) is 12.4. The quantitative estimate of drug-likeness (QED) is 0.318. The minimum atomic E-state index is -1.22. The van der Waals surface area contributed by atoms with Gasteiger partial charge >= 0.3 is 12.2 Å². The molecule has 0 saturated heterocycles. The third-order valence-electron chi connectivity index (χ3n) is 4.56. The van der Waals surface area contributed by atoms with Crippen molar-refractivity contribution in [2.24, 2.45) is 0 Å². The van der Waals surface area contributed by atoms with Crippen LogP contribution in [0.15, 0.2) is 42.9 Å². The number of aromatic nitrogens is 5. The number of anilines is 3. The van der Waals surface area contributed by atoms with Crippen molar-refractivity contribution in [3.05, 3.63) is 42.9 Å². The third-order valence-corrected chi connectivity index (χ3v) is 6.03. The second-order valence-corrected chi connectivity index (χ2v) is 9.95. The Morgan fingerprint density at radius 3 is 2.64 bits per heavy atom. The van der Waals surface area contributed by atoms with Crippen molar-refractivity contribution in [2.45, 2.75) is 26.4 Å². The van der Waals surface area contributed by atoms with Crippen molar-refractivity contribution in [2.75, 3.05) is 15.5 Å². The number of rotatable bonds is 5. The number of hydrogen-bond donors (Lipinski definition) is 2. The Hall–Kier alpha value is -3.91. The molecule has 0 radical (unpaired) electrons. The lowest BCUT2D eigenvalue weighted by atomic mass is 10.2. The predicted molar refractivity (Wildman–Crippen MR) is 137 cm³/mol. The SMILES string of the molecule is CC(C)(C)OC(=O)N(c1ccc2c(cnn2C(=O)O)c1)c1nnc(-c2cncc(NC(=O)CBr)c2)s1. The summed E-state index contributed by atoms with van der Waals surface area (Å²) in [5, 5.41) is 25.6. The lowest BCUT2D eigenvalue weighted by molar-refractivity contribution is -0.113. The van der Waals surface area contributed by atoms with Crippen LogP contribution in [0.4, 0.5) is 26.1 Å². The largest absolute Gasteiger partial charge is 0.463 e. The molecule has 0 spiro atoms. The van der Waals surface area contributed by atoms with Gasteiger partial charge < -0.3 is 15.2 Å². The van der Waals surface area contributed by atoms with E-state index in [2.05, 4.69) is 41.5 Å². The number of pyridine rings is 1. The van der Waals surface area contributed by atoms with E-state index in [1.54, 1.807) is 51.2 Å². The molecule has 0 aliphatic rings. The first-order valence-electron chi connectivity index (χ1n) is 10.4. The molecule has 0 aliphatic heterocycles. The number of ether oxygens (including phenoxy) is 1. The zero-order valence-electron chi connectivity index (χ0n) is 19.3. The minimum absolute atomic E-state index is 0.140. The molecule has 0 unspecified atom stereocenters. The summed E-state index contributed by atoms with van der Waals surface area (Å²) in [6.07, 6.45) is 2.55. The van der Waals surface area contributed by atoms with Gasteiger partial charge in [0.05, 0.1) is 34.6 Å². The van der Waals surface area contributed by atoms with Crippen LogP contribution in [-0.4, -0.2) is 59.1 Å². The van der Waals surface area contributed by atoms with E-state index in [4.69, 9.17) is 4.74 Å². The number of hydrogen-bond acceptors (Lipinski definition) is 9. The highest BCUT2D eigenvalue weighted by atomic mass is 79.9. The summed E-state index contributed by atoms with van der Waals surface area (Å²) < 4.78 is 6.44. The molecule has 2 amide bonds. The van der Waals surface area contributed by atoms with E-state index in [0.29, 0.717) is 32.8 Å². The summed E-state index contributed by atoms with van der Waals surface area (Å²) in [6, 6.07) is 6.43. The number of nitrogens with one attached hydrogen (secondary N) is 1. The van der Waals surface area contributed by atoms with Gasteiger partial charge in [0.2, 0.25) is 11.0 Å². The monoisotopic (exact) mass is 573 g/mol. The molecule has 1 aromatic carbocycles. The lowest BCUT2D eigenvalue weighted by Crippen LogP contribution is -2.33. The molecule has 36 heavy (non-hydrogen) atoms. The zero-order valence-corrected chi connectivity index (χ0v) is 21.7. The van der Waals surface area contributed by atoms with Crippen LogP contribution in [0, 0.1) is 0 Å². The predicted octanol–water partition coefficient (Wildman–Crippen LogP) is 4.88. The molecule has 3 aromatic heterocycles. The van der Waals surface area contributed by atoms with E-state index in [0.717, 1.165) is 16.0 Å². The minimum Gasteiger partial charge on any atom is -0.463 e. The number of carbonyl (C=O) groups is 3. The summed E-state index contributed by atoms with van der Waals surface area (Å²) in [4.78, 5) is 41.7. The molecule has 3 heterocycles. The van der Waals surface area contributed by atoms with Gasteiger partial charge in [0.15, 0.2) is 5.01 Å². The molecule has 0 aliphatic carbocycles. The average molecular weight is 574 g/mol. The lowest BCUT2D eigenvalue weighted by Gasteiger charge is -2.25. The Labute approximate surface area is 217 Å². The Morgan fingerprint density at radius 1 is 1.17 bits per heavy atom. The van der Waals surface area contributed by atoms with Crippen molar-refractivity contribution in [1.29, 1.82) is 0 Å². The van der Waals surface area contributed by atoms with E-state index in [1.165, 1.54) is 17.3 Å². The maximum atomic E-state index is 13.2. The van der Waals surface area contributed by atoms with Crippen molar-refractivity contribution < 1.29 is 24.2 Å². The van der Waals surface area contributed by atoms with Crippen molar-refractivity contribution in [3.63, 3.8) is 0 Å². The molecule has 4 rings (SSSR count). The van der Waals surface area contributed by atoms with Gasteiger partial charge in [-0.05, 0) is 45.0 Å². The summed E-state index contributed by atoms with van der Waals surface area (Å²) in [6.45, 7) is 5.23. The topological polar surface area (TPSA) is 152 Å². The smallest absolute Gasteiger partial charge is 0.432 e. The number of fused-ring (bicyclic) bond motifs is 1. The number of benzene rings is 1. The normalized spacial score (nSPS) is 11.3. The van der Waals surface area contributed by atoms with Crippen LogP contribution in [0.3, 0.4) is 0 Å². The second kappa shape index (κ2) is 9.99. The fraction of sp³-hybridized carbons (Fsp3) is 0.227. The molecule has 0 bridgehead atoms. The maximum Gasteiger partial charge on any atom is 0.432 e. The summed E-state index contributed by atoms with van der Waals surface area (Å²) in [5.41, 5.74) is 1.04. The average Bonchev–Trinajstić information content (AvgIpc) is 3.45. The molecule has 186 valence electrons.